The van der Waals surface area contributed by atoms with Crippen LogP contribution in [-0.4, -0.2) is 67.4 Å². The van der Waals surface area contributed by atoms with Gasteiger partial charge < -0.3 is 30.0 Å². The van der Waals surface area contributed by atoms with E-state index in [0.29, 0.717) is 44.6 Å². The summed E-state index contributed by atoms with van der Waals surface area (Å²) in [5.74, 6) is 0.00438. The Balaban J connectivity index is 1.61. The molecule has 1 aromatic rings. The van der Waals surface area contributed by atoms with Crippen LogP contribution in [0, 0.1) is 0 Å². The molecule has 1 aliphatic heterocycles. The van der Waals surface area contributed by atoms with Crippen LogP contribution in [0.25, 0.3) is 0 Å². The van der Waals surface area contributed by atoms with Gasteiger partial charge in [0.15, 0.2) is 0 Å². The lowest BCUT2D eigenvalue weighted by Crippen LogP contribution is -2.49. The lowest BCUT2D eigenvalue weighted by molar-refractivity contribution is -0.146. The Bertz CT molecular complexity index is 740. The zero-order valence-corrected chi connectivity index (χ0v) is 16.2. The number of ether oxygens (including phenoxy) is 2. The summed E-state index contributed by atoms with van der Waals surface area (Å²) in [6, 6.07) is 2.09. The molecule has 1 aliphatic carbocycles. The highest BCUT2D eigenvalue weighted by molar-refractivity contribution is 5.82. The van der Waals surface area contributed by atoms with Crippen LogP contribution in [0.2, 0.25) is 0 Å². The molecule has 2 aliphatic rings. The van der Waals surface area contributed by atoms with Crippen molar-refractivity contribution >= 4 is 12.0 Å². The van der Waals surface area contributed by atoms with E-state index in [1.165, 1.54) is 7.11 Å². The third kappa shape index (κ3) is 5.56. The maximum Gasteiger partial charge on any atom is 0.406 e. The molecule has 2 amide bonds. The molecule has 0 spiro atoms. The summed E-state index contributed by atoms with van der Waals surface area (Å²) in [6.45, 7) is 2.72. The molecule has 0 radical (unpaired) electrons. The van der Waals surface area contributed by atoms with E-state index in [-0.39, 0.29) is 17.5 Å². The molecule has 2 heterocycles. The summed E-state index contributed by atoms with van der Waals surface area (Å²) < 4.78 is 10.1. The van der Waals surface area contributed by atoms with Gasteiger partial charge in [-0.25, -0.2) is 4.79 Å². The zero-order chi connectivity index (χ0) is 19.9. The normalized spacial score (nSPS) is 19.1. The molecular formula is C19H28N4O5. The summed E-state index contributed by atoms with van der Waals surface area (Å²) in [4.78, 5) is 40.7. The van der Waals surface area contributed by atoms with Crippen LogP contribution >= 0.6 is 0 Å². The van der Waals surface area contributed by atoms with E-state index in [1.807, 2.05) is 11.0 Å². The summed E-state index contributed by atoms with van der Waals surface area (Å²) in [6.07, 6.45) is 3.89. The first-order chi connectivity index (χ1) is 13.6. The highest BCUT2D eigenvalue weighted by Crippen LogP contribution is 2.29. The van der Waals surface area contributed by atoms with Gasteiger partial charge in [0.05, 0.1) is 13.7 Å². The number of alkyl carbamates (subject to hydrolysis) is 1. The van der Waals surface area contributed by atoms with Gasteiger partial charge in [0.25, 0.3) is 11.5 Å². The number of methoxy groups -OCH3 is 1. The van der Waals surface area contributed by atoms with Gasteiger partial charge in [-0.3, -0.25) is 9.59 Å². The number of hydrogen-bond donors (Lipinski definition) is 3. The molecule has 1 saturated carbocycles. The average molecular weight is 392 g/mol. The van der Waals surface area contributed by atoms with Crippen molar-refractivity contribution in [2.24, 2.45) is 0 Å². The van der Waals surface area contributed by atoms with Gasteiger partial charge in [0, 0.05) is 44.0 Å². The quantitative estimate of drug-likeness (QED) is 0.543. The number of nitrogens with one attached hydrogen (secondary N) is 3. The van der Waals surface area contributed by atoms with Crippen LogP contribution in [0.5, 0.6) is 0 Å². The van der Waals surface area contributed by atoms with Crippen LogP contribution < -0.4 is 16.2 Å². The first-order valence-electron chi connectivity index (χ1n) is 9.73. The molecular weight excluding hydrogens is 364 g/mol. The van der Waals surface area contributed by atoms with Crippen molar-refractivity contribution in [1.29, 1.82) is 0 Å². The number of pyridine rings is 1. The van der Waals surface area contributed by atoms with Gasteiger partial charge in [0.2, 0.25) is 0 Å². The highest BCUT2D eigenvalue weighted by atomic mass is 16.5. The second kappa shape index (κ2) is 9.70. The Morgan fingerprint density at radius 1 is 1.39 bits per heavy atom. The molecule has 154 valence electrons. The van der Waals surface area contributed by atoms with E-state index in [9.17, 15) is 14.4 Å². The predicted octanol–water partition coefficient (Wildman–Crippen LogP) is 0.143. The second-order valence-corrected chi connectivity index (χ2v) is 7.15. The van der Waals surface area contributed by atoms with Crippen LogP contribution in [0.4, 0.5) is 4.79 Å². The fourth-order valence-electron chi connectivity index (χ4n) is 3.28. The number of carbonyl (C=O) groups excluding carboxylic acids is 2. The maximum absolute atomic E-state index is 12.9. The molecule has 2 fully saturated rings. The Morgan fingerprint density at radius 3 is 2.89 bits per heavy atom. The van der Waals surface area contributed by atoms with Crippen molar-refractivity contribution in [1.82, 2.24) is 20.5 Å². The first kappa shape index (κ1) is 20.3. The number of amides is 2. The summed E-state index contributed by atoms with van der Waals surface area (Å²) in [5.41, 5.74) is 1.38. The van der Waals surface area contributed by atoms with E-state index in [4.69, 9.17) is 4.74 Å². The van der Waals surface area contributed by atoms with E-state index >= 15 is 0 Å². The largest absolute Gasteiger partial charge is 0.453 e. The molecule has 9 heteroatoms. The molecule has 1 saturated heterocycles. The number of rotatable bonds is 8. The van der Waals surface area contributed by atoms with Gasteiger partial charge >= 0.3 is 6.09 Å². The van der Waals surface area contributed by atoms with Crippen molar-refractivity contribution in [3.63, 3.8) is 0 Å². The van der Waals surface area contributed by atoms with E-state index in [1.54, 1.807) is 6.20 Å². The molecule has 3 N–H and O–H groups in total. The van der Waals surface area contributed by atoms with Crippen molar-refractivity contribution < 1.29 is 19.1 Å². The van der Waals surface area contributed by atoms with Crippen LogP contribution in [0.3, 0.4) is 0 Å². The predicted molar refractivity (Wildman–Crippen MR) is 102 cm³/mol. The minimum atomic E-state index is -0.485. The lowest BCUT2D eigenvalue weighted by atomic mass is 10.1. The fourth-order valence-corrected chi connectivity index (χ4v) is 3.28. The van der Waals surface area contributed by atoms with Gasteiger partial charge in [-0.15, -0.1) is 0 Å². The van der Waals surface area contributed by atoms with Gasteiger partial charge in [-0.05, 0) is 37.3 Å². The molecule has 3 rings (SSSR count). The molecule has 1 aromatic heterocycles. The minimum Gasteiger partial charge on any atom is -0.453 e. The number of H-pyrrole nitrogens is 1. The fraction of sp³-hybridized carbons (Fsp3) is 0.632. The maximum atomic E-state index is 12.9. The summed E-state index contributed by atoms with van der Waals surface area (Å²) in [7, 11) is 1.31. The van der Waals surface area contributed by atoms with E-state index in [0.717, 1.165) is 24.9 Å². The molecule has 1 atom stereocenters. The third-order valence-electron chi connectivity index (χ3n) is 4.94. The van der Waals surface area contributed by atoms with Gasteiger partial charge in [-0.2, -0.15) is 0 Å². The standard InChI is InChI=1S/C19H28N4O5/c1-27-19(26)21-6-2-3-14-9-13(10-22-17(14)24)12-23(15-4-5-15)18(25)16-11-20-7-8-28-16/h9-10,15-16,20H,2-8,11-12H2,1H3,(H,21,26)(H,22,24). The van der Waals surface area contributed by atoms with Gasteiger partial charge in [0.1, 0.15) is 6.10 Å². The number of hydrogen-bond acceptors (Lipinski definition) is 6. The van der Waals surface area contributed by atoms with Crippen LogP contribution in [0.15, 0.2) is 17.1 Å². The second-order valence-electron chi connectivity index (χ2n) is 7.15. The SMILES string of the molecule is COC(=O)NCCCc1cc(CN(C(=O)C2CNCCO2)C2CC2)c[nH]c1=O. The Morgan fingerprint density at radius 2 is 2.21 bits per heavy atom. The van der Waals surface area contributed by atoms with Crippen LogP contribution in [0.1, 0.15) is 30.4 Å². The molecule has 0 aromatic carbocycles. The molecule has 28 heavy (non-hydrogen) atoms. The number of aromatic amines is 1. The summed E-state index contributed by atoms with van der Waals surface area (Å²) >= 11 is 0. The average Bonchev–Trinajstić information content (AvgIpc) is 3.56. The zero-order valence-electron chi connectivity index (χ0n) is 16.2. The number of morpholine rings is 1. The van der Waals surface area contributed by atoms with E-state index in [2.05, 4.69) is 20.4 Å². The Labute approximate surface area is 163 Å². The third-order valence-corrected chi connectivity index (χ3v) is 4.94. The Hall–Kier alpha value is -2.39. The number of carbonyl (C=O) groups is 2. The van der Waals surface area contributed by atoms with Crippen molar-refractivity contribution in [3.8, 4) is 0 Å². The Kier molecular flexibility index (Phi) is 7.05. The summed E-state index contributed by atoms with van der Waals surface area (Å²) in [5, 5.41) is 5.79. The monoisotopic (exact) mass is 392 g/mol. The van der Waals surface area contributed by atoms with Crippen molar-refractivity contribution in [2.45, 2.75) is 44.4 Å². The number of aromatic nitrogens is 1. The number of aryl methyl sites for hydroxylation is 1. The molecule has 1 unspecified atom stereocenters. The first-order valence-corrected chi connectivity index (χ1v) is 9.73. The number of nitrogens with zero attached hydrogens (tertiary/aromatic N) is 1. The van der Waals surface area contributed by atoms with Crippen LogP contribution in [-0.2, 0) is 27.2 Å². The van der Waals surface area contributed by atoms with Crippen molar-refractivity contribution in [2.75, 3.05) is 33.4 Å². The molecule has 9 nitrogen and oxygen atoms in total. The van der Waals surface area contributed by atoms with E-state index < -0.39 is 12.2 Å². The van der Waals surface area contributed by atoms with Gasteiger partial charge in [-0.1, -0.05) is 0 Å². The lowest BCUT2D eigenvalue weighted by Gasteiger charge is -2.30. The molecule has 0 bridgehead atoms. The topological polar surface area (TPSA) is 113 Å². The smallest absolute Gasteiger partial charge is 0.406 e. The van der Waals surface area contributed by atoms with Crippen molar-refractivity contribution in [3.05, 3.63) is 33.7 Å². The minimum absolute atomic E-state index is 0.00438. The highest BCUT2D eigenvalue weighted by Gasteiger charge is 2.36.